The quantitative estimate of drug-likeness (QED) is 0.619. The molecule has 2 heterocycles. The number of aromatic nitrogens is 2. The minimum absolute atomic E-state index is 0.00157. The topological polar surface area (TPSA) is 87.1 Å². The number of rotatable bonds is 4. The summed E-state index contributed by atoms with van der Waals surface area (Å²) in [6, 6.07) is 9.93. The maximum atomic E-state index is 12.9. The molecule has 2 aromatic carbocycles. The molecule has 4 rings (SSSR count). The number of fused-ring (bicyclic) bond motifs is 1. The molecule has 6 nitrogen and oxygen atoms in total. The first kappa shape index (κ1) is 19.0. The zero-order valence-electron chi connectivity index (χ0n) is 15.1. The van der Waals surface area contributed by atoms with Crippen molar-refractivity contribution in [1.29, 1.82) is 0 Å². The Balaban J connectivity index is 1.69. The van der Waals surface area contributed by atoms with E-state index in [1.54, 1.807) is 12.1 Å². The molecule has 3 aromatic rings. The Kier molecular flexibility index (Phi) is 4.73. The zero-order valence-corrected chi connectivity index (χ0v) is 15.1. The summed E-state index contributed by atoms with van der Waals surface area (Å²) in [5, 5.41) is 25.9. The summed E-state index contributed by atoms with van der Waals surface area (Å²) < 4.78 is 38.6. The third-order valence-corrected chi connectivity index (χ3v) is 4.87. The van der Waals surface area contributed by atoms with E-state index >= 15 is 0 Å². The second-order valence-corrected chi connectivity index (χ2v) is 6.86. The van der Waals surface area contributed by atoms with Gasteiger partial charge in [0.25, 0.3) is 0 Å². The van der Waals surface area contributed by atoms with Crippen LogP contribution in [0.25, 0.3) is 22.0 Å². The predicted octanol–water partition coefficient (Wildman–Crippen LogP) is 3.71. The summed E-state index contributed by atoms with van der Waals surface area (Å²) in [4.78, 5) is 11.3. The van der Waals surface area contributed by atoms with Crippen LogP contribution >= 0.6 is 0 Å². The van der Waals surface area contributed by atoms with Crippen molar-refractivity contribution >= 4 is 22.5 Å². The van der Waals surface area contributed by atoms with Crippen LogP contribution < -0.4 is 10.6 Å². The molecule has 150 valence electrons. The summed E-state index contributed by atoms with van der Waals surface area (Å²) in [5.74, 6) is -0.00794. The van der Waals surface area contributed by atoms with Crippen LogP contribution in [0.3, 0.4) is 0 Å². The highest BCUT2D eigenvalue weighted by molar-refractivity contribution is 6.00. The molecule has 1 aliphatic heterocycles. The van der Waals surface area contributed by atoms with Gasteiger partial charge in [-0.2, -0.15) is 13.2 Å². The van der Waals surface area contributed by atoms with Crippen molar-refractivity contribution in [3.8, 4) is 17.0 Å². The number of halogens is 3. The zero-order chi connectivity index (χ0) is 20.6. The molecular weight excluding hydrogens is 385 g/mol. The van der Waals surface area contributed by atoms with Crippen molar-refractivity contribution in [2.45, 2.75) is 25.1 Å². The van der Waals surface area contributed by atoms with Gasteiger partial charge in [-0.15, -0.1) is 10.2 Å². The van der Waals surface area contributed by atoms with Gasteiger partial charge in [-0.3, -0.25) is 4.79 Å². The molecule has 29 heavy (non-hydrogen) atoms. The van der Waals surface area contributed by atoms with Crippen molar-refractivity contribution in [3.05, 3.63) is 48.0 Å². The normalized spacial score (nSPS) is 16.8. The average Bonchev–Trinajstić information content (AvgIpc) is 3.11. The number of anilines is 1. The van der Waals surface area contributed by atoms with Gasteiger partial charge in [0.15, 0.2) is 5.82 Å². The van der Waals surface area contributed by atoms with Crippen LogP contribution in [0.2, 0.25) is 0 Å². The molecule has 1 aliphatic rings. The molecule has 1 atom stereocenters. The van der Waals surface area contributed by atoms with Gasteiger partial charge in [-0.25, -0.2) is 0 Å². The lowest BCUT2D eigenvalue weighted by atomic mass is 10.0. The maximum absolute atomic E-state index is 12.9. The van der Waals surface area contributed by atoms with Gasteiger partial charge in [0.1, 0.15) is 11.4 Å². The largest absolute Gasteiger partial charge is 0.507 e. The summed E-state index contributed by atoms with van der Waals surface area (Å²) in [5.41, 5.74) is -0.490. The van der Waals surface area contributed by atoms with Crippen LogP contribution in [0.1, 0.15) is 18.4 Å². The molecule has 0 saturated carbocycles. The van der Waals surface area contributed by atoms with Gasteiger partial charge in [0.2, 0.25) is 5.91 Å². The summed E-state index contributed by atoms with van der Waals surface area (Å²) in [6.07, 6.45) is -3.33. The predicted molar refractivity (Wildman–Crippen MR) is 101 cm³/mol. The van der Waals surface area contributed by atoms with E-state index in [0.717, 1.165) is 12.5 Å². The molecular formula is C20H17F3N4O2. The number of phenols is 1. The number of nitrogens with one attached hydrogen (secondary N) is 2. The van der Waals surface area contributed by atoms with E-state index in [1.165, 1.54) is 6.07 Å². The molecule has 0 unspecified atom stereocenters. The van der Waals surface area contributed by atoms with Crippen molar-refractivity contribution in [3.63, 3.8) is 0 Å². The van der Waals surface area contributed by atoms with E-state index in [0.29, 0.717) is 35.6 Å². The molecule has 1 saturated heterocycles. The van der Waals surface area contributed by atoms with Crippen LogP contribution in [0.5, 0.6) is 5.75 Å². The lowest BCUT2D eigenvalue weighted by Gasteiger charge is -2.15. The number of nitrogens with zero attached hydrogens (tertiary/aromatic N) is 2. The molecule has 1 fully saturated rings. The van der Waals surface area contributed by atoms with Gasteiger partial charge < -0.3 is 15.7 Å². The minimum Gasteiger partial charge on any atom is -0.507 e. The lowest BCUT2D eigenvalue weighted by molar-refractivity contribution is -0.137. The second-order valence-electron chi connectivity index (χ2n) is 6.86. The number of benzene rings is 2. The highest BCUT2D eigenvalue weighted by Crippen LogP contribution is 2.38. The average molecular weight is 402 g/mol. The van der Waals surface area contributed by atoms with Crippen LogP contribution in [0.15, 0.2) is 42.5 Å². The second kappa shape index (κ2) is 7.23. The van der Waals surface area contributed by atoms with E-state index in [-0.39, 0.29) is 23.2 Å². The van der Waals surface area contributed by atoms with Crippen molar-refractivity contribution in [1.82, 2.24) is 15.5 Å². The van der Waals surface area contributed by atoms with Crippen molar-refractivity contribution < 1.29 is 23.1 Å². The molecule has 0 radical (unpaired) electrons. The third-order valence-electron chi connectivity index (χ3n) is 4.87. The maximum Gasteiger partial charge on any atom is 0.416 e. The third kappa shape index (κ3) is 3.80. The first-order valence-corrected chi connectivity index (χ1v) is 9.02. The summed E-state index contributed by atoms with van der Waals surface area (Å²) in [6.45, 7) is 0.481. The fourth-order valence-electron chi connectivity index (χ4n) is 3.39. The highest BCUT2D eigenvalue weighted by atomic mass is 19.4. The Morgan fingerprint density at radius 3 is 2.55 bits per heavy atom. The number of carbonyl (C=O) groups excluding carboxylic acids is 1. The van der Waals surface area contributed by atoms with Gasteiger partial charge in [0.05, 0.1) is 5.56 Å². The van der Waals surface area contributed by atoms with Gasteiger partial charge in [-0.1, -0.05) is 24.3 Å². The first-order chi connectivity index (χ1) is 13.8. The molecule has 1 amide bonds. The van der Waals surface area contributed by atoms with Gasteiger partial charge >= 0.3 is 6.18 Å². The van der Waals surface area contributed by atoms with Crippen molar-refractivity contribution in [2.75, 3.05) is 11.9 Å². The van der Waals surface area contributed by atoms with Gasteiger partial charge in [0, 0.05) is 35.3 Å². The Labute approximate surface area is 163 Å². The smallest absolute Gasteiger partial charge is 0.416 e. The molecule has 3 N–H and O–H groups in total. The standard InChI is InChI=1S/C20H17F3N4O2/c21-20(22,23)11-5-7-15(16(28)9-11)18-13-3-1-2-4-14(13)19(27-26-18)24-10-12-6-8-17(29)25-12/h1-5,7,9,12,28H,6,8,10H2,(H,24,27)(H,25,29)/t12-/m0/s1. The Morgan fingerprint density at radius 2 is 1.90 bits per heavy atom. The Hall–Kier alpha value is -3.36. The lowest BCUT2D eigenvalue weighted by Crippen LogP contribution is -2.32. The Bertz CT molecular complexity index is 1080. The summed E-state index contributed by atoms with van der Waals surface area (Å²) in [7, 11) is 0. The van der Waals surface area contributed by atoms with E-state index in [9.17, 15) is 23.1 Å². The Morgan fingerprint density at radius 1 is 1.14 bits per heavy atom. The van der Waals surface area contributed by atoms with Crippen molar-refractivity contribution in [2.24, 2.45) is 0 Å². The van der Waals surface area contributed by atoms with Crippen LogP contribution in [0.4, 0.5) is 19.0 Å². The SMILES string of the molecule is O=C1CC[C@@H](CNc2nnc(-c3ccc(C(F)(F)F)cc3O)c3ccccc23)N1. The van der Waals surface area contributed by atoms with Crippen LogP contribution in [-0.4, -0.2) is 33.8 Å². The van der Waals surface area contributed by atoms with E-state index < -0.39 is 17.5 Å². The first-order valence-electron chi connectivity index (χ1n) is 9.02. The molecule has 0 bridgehead atoms. The van der Waals surface area contributed by atoms with E-state index in [1.807, 2.05) is 12.1 Å². The summed E-state index contributed by atoms with van der Waals surface area (Å²) >= 11 is 0. The highest BCUT2D eigenvalue weighted by Gasteiger charge is 2.31. The fraction of sp³-hybridized carbons (Fsp3) is 0.250. The van der Waals surface area contributed by atoms with Crippen LogP contribution in [-0.2, 0) is 11.0 Å². The van der Waals surface area contributed by atoms with Crippen LogP contribution in [0, 0.1) is 0 Å². The van der Waals surface area contributed by atoms with Gasteiger partial charge in [-0.05, 0) is 24.6 Å². The minimum atomic E-state index is -4.55. The monoisotopic (exact) mass is 402 g/mol. The number of hydrogen-bond donors (Lipinski definition) is 3. The number of phenolic OH excluding ortho intramolecular Hbond substituents is 1. The number of carbonyl (C=O) groups is 1. The molecule has 0 aliphatic carbocycles. The fourth-order valence-corrected chi connectivity index (χ4v) is 3.39. The number of amides is 1. The number of hydrogen-bond acceptors (Lipinski definition) is 5. The molecule has 9 heteroatoms. The van der Waals surface area contributed by atoms with E-state index in [4.69, 9.17) is 0 Å². The molecule has 0 spiro atoms. The number of aromatic hydroxyl groups is 1. The molecule has 1 aromatic heterocycles. The van der Waals surface area contributed by atoms with E-state index in [2.05, 4.69) is 20.8 Å². The number of alkyl halides is 3.